The molecule has 1 N–H and O–H groups in total. The molecule has 1 aromatic heterocycles. The fraction of sp³-hybridized carbons (Fsp3) is 0.174. The van der Waals surface area contributed by atoms with Crippen LogP contribution in [0.15, 0.2) is 72.8 Å². The number of imidazole rings is 1. The first kappa shape index (κ1) is 15.6. The fourth-order valence-corrected chi connectivity index (χ4v) is 3.51. The van der Waals surface area contributed by atoms with Crippen LogP contribution in [0.5, 0.6) is 0 Å². The van der Waals surface area contributed by atoms with Crippen molar-refractivity contribution in [1.82, 2.24) is 9.97 Å². The summed E-state index contributed by atoms with van der Waals surface area (Å²) in [6.07, 6.45) is 1.06. The molecule has 124 valence electrons. The van der Waals surface area contributed by atoms with Crippen LogP contribution in [0.4, 0.5) is 0 Å². The number of nitrogens with zero attached hydrogens (tertiary/aromatic N) is 1. The third-order valence-electron chi connectivity index (χ3n) is 4.86. The largest absolute Gasteiger partial charge is 0.338 e. The molecule has 4 rings (SSSR count). The highest BCUT2D eigenvalue weighted by Crippen LogP contribution is 2.33. The van der Waals surface area contributed by atoms with Crippen molar-refractivity contribution in [3.63, 3.8) is 0 Å². The topological polar surface area (TPSA) is 28.7 Å². The summed E-state index contributed by atoms with van der Waals surface area (Å²) in [7, 11) is 0. The smallest absolute Gasteiger partial charge is 0.138 e. The van der Waals surface area contributed by atoms with Crippen molar-refractivity contribution in [2.75, 3.05) is 0 Å². The van der Waals surface area contributed by atoms with Crippen LogP contribution in [0.1, 0.15) is 36.0 Å². The summed E-state index contributed by atoms with van der Waals surface area (Å²) in [6, 6.07) is 25.7. The third kappa shape index (κ3) is 2.96. The molecule has 0 amide bonds. The molecule has 0 bridgehead atoms. The number of hydrogen-bond acceptors (Lipinski definition) is 1. The van der Waals surface area contributed by atoms with E-state index in [0.29, 0.717) is 5.92 Å². The molecule has 0 saturated carbocycles. The lowest BCUT2D eigenvalue weighted by Crippen LogP contribution is -2.00. The summed E-state index contributed by atoms with van der Waals surface area (Å²) in [5.74, 6) is 1.31. The van der Waals surface area contributed by atoms with Crippen LogP contribution >= 0.6 is 0 Å². The quantitative estimate of drug-likeness (QED) is 0.483. The maximum absolute atomic E-state index is 4.83. The van der Waals surface area contributed by atoms with Gasteiger partial charge in [0.1, 0.15) is 5.82 Å². The predicted octanol–water partition coefficient (Wildman–Crippen LogP) is 6.08. The molecule has 1 unspecified atom stereocenters. The molecule has 1 atom stereocenters. The average molecular weight is 326 g/mol. The van der Waals surface area contributed by atoms with Gasteiger partial charge >= 0.3 is 0 Å². The molecule has 0 radical (unpaired) electrons. The molecular weight excluding hydrogens is 304 g/mol. The third-order valence-corrected chi connectivity index (χ3v) is 4.86. The molecule has 2 heteroatoms. The highest BCUT2D eigenvalue weighted by molar-refractivity contribution is 5.83. The lowest BCUT2D eigenvalue weighted by atomic mass is 9.88. The number of hydrogen-bond donors (Lipinski definition) is 1. The summed E-state index contributed by atoms with van der Waals surface area (Å²) in [5.41, 5.74) is 7.23. The molecule has 0 aliphatic heterocycles. The van der Waals surface area contributed by atoms with Crippen LogP contribution in [0, 0.1) is 6.92 Å². The fourth-order valence-electron chi connectivity index (χ4n) is 3.51. The van der Waals surface area contributed by atoms with E-state index < -0.39 is 0 Å². The number of benzene rings is 3. The van der Waals surface area contributed by atoms with Crippen LogP contribution in [0.3, 0.4) is 0 Å². The summed E-state index contributed by atoms with van der Waals surface area (Å²) in [4.78, 5) is 8.40. The standard InChI is InChI=1S/C23H22N2/c1-3-19(17-8-5-4-6-9-17)20-10-7-11-21-22(20)25-23(24-21)18-14-12-16(2)13-15-18/h4-15,19H,3H2,1-2H3,(H,24,25). The van der Waals surface area contributed by atoms with E-state index in [2.05, 4.69) is 91.6 Å². The highest BCUT2D eigenvalue weighted by atomic mass is 14.9. The van der Waals surface area contributed by atoms with Gasteiger partial charge in [0.15, 0.2) is 0 Å². The van der Waals surface area contributed by atoms with Crippen LogP contribution in [0.2, 0.25) is 0 Å². The monoisotopic (exact) mass is 326 g/mol. The van der Waals surface area contributed by atoms with E-state index in [9.17, 15) is 0 Å². The summed E-state index contributed by atoms with van der Waals surface area (Å²) in [5, 5.41) is 0. The van der Waals surface area contributed by atoms with E-state index in [1.807, 2.05) is 0 Å². The van der Waals surface area contributed by atoms with Gasteiger partial charge in [-0.1, -0.05) is 79.2 Å². The van der Waals surface area contributed by atoms with E-state index in [0.717, 1.165) is 28.8 Å². The average Bonchev–Trinajstić information content (AvgIpc) is 3.09. The van der Waals surface area contributed by atoms with Gasteiger partial charge < -0.3 is 4.98 Å². The number of aryl methyl sites for hydroxylation is 1. The first-order valence-electron chi connectivity index (χ1n) is 8.87. The Bertz CT molecular complexity index is 982. The highest BCUT2D eigenvalue weighted by Gasteiger charge is 2.17. The predicted molar refractivity (Wildman–Crippen MR) is 105 cm³/mol. The molecule has 0 aliphatic rings. The minimum Gasteiger partial charge on any atom is -0.338 e. The van der Waals surface area contributed by atoms with Gasteiger partial charge in [-0.25, -0.2) is 4.98 Å². The van der Waals surface area contributed by atoms with Gasteiger partial charge in [0.25, 0.3) is 0 Å². The Morgan fingerprint density at radius 3 is 2.36 bits per heavy atom. The lowest BCUT2D eigenvalue weighted by molar-refractivity contribution is 0.782. The molecule has 1 heterocycles. The zero-order chi connectivity index (χ0) is 17.2. The zero-order valence-electron chi connectivity index (χ0n) is 14.7. The van der Waals surface area contributed by atoms with Gasteiger partial charge in [-0.2, -0.15) is 0 Å². The Labute approximate surface area is 148 Å². The van der Waals surface area contributed by atoms with Crippen LogP contribution < -0.4 is 0 Å². The second-order valence-electron chi connectivity index (χ2n) is 6.56. The van der Waals surface area contributed by atoms with Gasteiger partial charge in [-0.05, 0) is 30.5 Å². The summed E-state index contributed by atoms with van der Waals surface area (Å²) in [6.45, 7) is 4.35. The van der Waals surface area contributed by atoms with Gasteiger partial charge in [-0.3, -0.25) is 0 Å². The normalized spacial score (nSPS) is 12.4. The molecule has 0 saturated heterocycles. The molecule has 4 aromatic rings. The molecule has 3 aromatic carbocycles. The number of para-hydroxylation sites is 1. The summed E-state index contributed by atoms with van der Waals surface area (Å²) < 4.78 is 0. The van der Waals surface area contributed by atoms with E-state index in [1.54, 1.807) is 0 Å². The zero-order valence-corrected chi connectivity index (χ0v) is 14.7. The number of aromatic amines is 1. The van der Waals surface area contributed by atoms with Crippen LogP contribution in [-0.4, -0.2) is 9.97 Å². The van der Waals surface area contributed by atoms with E-state index in [-0.39, 0.29) is 0 Å². The van der Waals surface area contributed by atoms with Gasteiger partial charge in [0.05, 0.1) is 11.0 Å². The van der Waals surface area contributed by atoms with Crippen LogP contribution in [0.25, 0.3) is 22.4 Å². The van der Waals surface area contributed by atoms with Gasteiger partial charge in [0.2, 0.25) is 0 Å². The molecule has 0 aliphatic carbocycles. The van der Waals surface area contributed by atoms with E-state index in [4.69, 9.17) is 4.98 Å². The van der Waals surface area contributed by atoms with E-state index in [1.165, 1.54) is 16.7 Å². The lowest BCUT2D eigenvalue weighted by Gasteiger charge is -2.16. The number of fused-ring (bicyclic) bond motifs is 1. The Morgan fingerprint density at radius 1 is 0.880 bits per heavy atom. The first-order chi connectivity index (χ1) is 12.3. The first-order valence-corrected chi connectivity index (χ1v) is 8.87. The Hall–Kier alpha value is -2.87. The Kier molecular flexibility index (Phi) is 4.10. The van der Waals surface area contributed by atoms with Crippen molar-refractivity contribution >= 4 is 11.0 Å². The van der Waals surface area contributed by atoms with E-state index >= 15 is 0 Å². The second kappa shape index (κ2) is 6.56. The number of H-pyrrole nitrogens is 1. The summed E-state index contributed by atoms with van der Waals surface area (Å²) >= 11 is 0. The molecular formula is C23H22N2. The van der Waals surface area contributed by atoms with Crippen molar-refractivity contribution in [3.8, 4) is 11.4 Å². The maximum Gasteiger partial charge on any atom is 0.138 e. The SMILES string of the molecule is CCC(c1ccccc1)c1cccc2nc(-c3ccc(C)cc3)[nH]c12. The minimum absolute atomic E-state index is 0.371. The van der Waals surface area contributed by atoms with Crippen molar-refractivity contribution < 1.29 is 0 Å². The Balaban J connectivity index is 1.83. The van der Waals surface area contributed by atoms with Crippen LogP contribution in [-0.2, 0) is 0 Å². The van der Waals surface area contributed by atoms with Gasteiger partial charge in [-0.15, -0.1) is 0 Å². The number of aromatic nitrogens is 2. The minimum atomic E-state index is 0.371. The van der Waals surface area contributed by atoms with Gasteiger partial charge in [0, 0.05) is 11.5 Å². The maximum atomic E-state index is 4.83. The van der Waals surface area contributed by atoms with Crippen molar-refractivity contribution in [3.05, 3.63) is 89.5 Å². The Morgan fingerprint density at radius 2 is 1.64 bits per heavy atom. The molecule has 2 nitrogen and oxygen atoms in total. The number of nitrogens with one attached hydrogen (secondary N) is 1. The number of rotatable bonds is 4. The molecule has 25 heavy (non-hydrogen) atoms. The van der Waals surface area contributed by atoms with Crippen molar-refractivity contribution in [2.24, 2.45) is 0 Å². The second-order valence-corrected chi connectivity index (χ2v) is 6.56. The molecule has 0 fully saturated rings. The van der Waals surface area contributed by atoms with Crippen molar-refractivity contribution in [1.29, 1.82) is 0 Å². The molecule has 0 spiro atoms. The van der Waals surface area contributed by atoms with Crippen molar-refractivity contribution in [2.45, 2.75) is 26.2 Å².